The van der Waals surface area contributed by atoms with E-state index in [1.165, 1.54) is 11.7 Å². The van der Waals surface area contributed by atoms with Gasteiger partial charge >= 0.3 is 5.69 Å². The molecule has 1 rings (SSSR count). The highest BCUT2D eigenvalue weighted by Gasteiger charge is 2.12. The minimum Gasteiger partial charge on any atom is -0.392 e. The highest BCUT2D eigenvalue weighted by molar-refractivity contribution is 5.60. The van der Waals surface area contributed by atoms with Gasteiger partial charge in [0.15, 0.2) is 0 Å². The number of nitrogen functional groups attached to an aromatic ring is 1. The standard InChI is InChI=1S/C10H18N4O4/c1-6(15)5-12-7-8(11)14(3-4-18-2)10(17)13-9(7)16/h6,12,15H,3-5,11H2,1-2H3,(H,13,16,17). The zero-order valence-corrected chi connectivity index (χ0v) is 10.4. The molecule has 8 heteroatoms. The van der Waals surface area contributed by atoms with Gasteiger partial charge in [0.05, 0.1) is 19.3 Å². The van der Waals surface area contributed by atoms with Crippen LogP contribution in [0.15, 0.2) is 9.59 Å². The number of nitrogens with one attached hydrogen (secondary N) is 2. The van der Waals surface area contributed by atoms with Gasteiger partial charge in [-0.2, -0.15) is 0 Å². The van der Waals surface area contributed by atoms with Crippen LogP contribution in [0.4, 0.5) is 11.5 Å². The van der Waals surface area contributed by atoms with Crippen LogP contribution in [0.25, 0.3) is 0 Å². The highest BCUT2D eigenvalue weighted by atomic mass is 16.5. The third kappa shape index (κ3) is 3.34. The van der Waals surface area contributed by atoms with Crippen LogP contribution in [0.3, 0.4) is 0 Å². The van der Waals surface area contributed by atoms with Gasteiger partial charge in [0.1, 0.15) is 11.5 Å². The quantitative estimate of drug-likeness (QED) is 0.495. The maximum atomic E-state index is 11.6. The molecule has 0 fully saturated rings. The molecule has 18 heavy (non-hydrogen) atoms. The fourth-order valence-corrected chi connectivity index (χ4v) is 1.41. The molecule has 5 N–H and O–H groups in total. The number of ether oxygens (including phenoxy) is 1. The number of hydrogen-bond donors (Lipinski definition) is 4. The van der Waals surface area contributed by atoms with E-state index < -0.39 is 17.4 Å². The van der Waals surface area contributed by atoms with Crippen molar-refractivity contribution in [1.29, 1.82) is 0 Å². The zero-order chi connectivity index (χ0) is 13.7. The average Bonchev–Trinajstić information content (AvgIpc) is 2.27. The molecule has 0 aliphatic rings. The van der Waals surface area contributed by atoms with E-state index in [0.717, 1.165) is 0 Å². The minimum absolute atomic E-state index is 0.0291. The molecule has 8 nitrogen and oxygen atoms in total. The minimum atomic E-state index is -0.636. The Balaban J connectivity index is 3.10. The Labute approximate surface area is 103 Å². The lowest BCUT2D eigenvalue weighted by atomic mass is 10.3. The van der Waals surface area contributed by atoms with Crippen LogP contribution in [-0.4, -0.2) is 41.0 Å². The Bertz CT molecular complexity index is 506. The van der Waals surface area contributed by atoms with Crippen LogP contribution < -0.4 is 22.3 Å². The summed E-state index contributed by atoms with van der Waals surface area (Å²) in [6.45, 7) is 2.27. The third-order valence-corrected chi connectivity index (χ3v) is 2.33. The Kier molecular flexibility index (Phi) is 4.93. The van der Waals surface area contributed by atoms with E-state index in [-0.39, 0.29) is 24.6 Å². The Morgan fingerprint density at radius 3 is 2.78 bits per heavy atom. The van der Waals surface area contributed by atoms with Gasteiger partial charge in [-0.25, -0.2) is 4.79 Å². The molecular weight excluding hydrogens is 240 g/mol. The van der Waals surface area contributed by atoms with Crippen molar-refractivity contribution in [3.05, 3.63) is 20.8 Å². The second-order valence-electron chi connectivity index (χ2n) is 3.89. The monoisotopic (exact) mass is 258 g/mol. The molecule has 0 radical (unpaired) electrons. The smallest absolute Gasteiger partial charge is 0.330 e. The first-order chi connectivity index (χ1) is 8.47. The van der Waals surface area contributed by atoms with Gasteiger partial charge in [-0.05, 0) is 6.92 Å². The number of H-pyrrole nitrogens is 1. The van der Waals surface area contributed by atoms with Crippen LogP contribution in [0.1, 0.15) is 6.92 Å². The molecule has 1 heterocycles. The lowest BCUT2D eigenvalue weighted by molar-refractivity contribution is 0.186. The van der Waals surface area contributed by atoms with Crippen molar-refractivity contribution in [2.45, 2.75) is 19.6 Å². The summed E-state index contributed by atoms with van der Waals surface area (Å²) >= 11 is 0. The van der Waals surface area contributed by atoms with Crippen molar-refractivity contribution >= 4 is 11.5 Å². The average molecular weight is 258 g/mol. The molecule has 0 aliphatic carbocycles. The van der Waals surface area contributed by atoms with E-state index in [2.05, 4.69) is 10.3 Å². The first kappa shape index (κ1) is 14.3. The summed E-state index contributed by atoms with van der Waals surface area (Å²) in [5, 5.41) is 11.9. The maximum Gasteiger partial charge on any atom is 0.330 e. The van der Waals surface area contributed by atoms with E-state index in [1.54, 1.807) is 6.92 Å². The molecule has 0 saturated heterocycles. The molecule has 0 saturated carbocycles. The van der Waals surface area contributed by atoms with Crippen LogP contribution in [0.2, 0.25) is 0 Å². The molecule has 1 aromatic heterocycles. The van der Waals surface area contributed by atoms with Gasteiger partial charge in [0.2, 0.25) is 0 Å². The van der Waals surface area contributed by atoms with Gasteiger partial charge in [-0.1, -0.05) is 0 Å². The van der Waals surface area contributed by atoms with Gasteiger partial charge in [-0.3, -0.25) is 14.3 Å². The second kappa shape index (κ2) is 6.22. The predicted molar refractivity (Wildman–Crippen MR) is 67.8 cm³/mol. The number of methoxy groups -OCH3 is 1. The fraction of sp³-hybridized carbons (Fsp3) is 0.600. The number of anilines is 2. The molecule has 1 atom stereocenters. The van der Waals surface area contributed by atoms with Gasteiger partial charge < -0.3 is 20.9 Å². The molecule has 0 aliphatic heterocycles. The summed E-state index contributed by atoms with van der Waals surface area (Å²) in [6, 6.07) is 0. The summed E-state index contributed by atoms with van der Waals surface area (Å²) in [5.41, 5.74) is 4.64. The Morgan fingerprint density at radius 2 is 2.22 bits per heavy atom. The fourth-order valence-electron chi connectivity index (χ4n) is 1.41. The van der Waals surface area contributed by atoms with Crippen molar-refractivity contribution in [3.8, 4) is 0 Å². The molecule has 0 spiro atoms. The number of aromatic nitrogens is 2. The number of aliphatic hydroxyl groups is 1. The lowest BCUT2D eigenvalue weighted by Gasteiger charge is -2.14. The number of nitrogens with two attached hydrogens (primary N) is 1. The predicted octanol–water partition coefficient (Wildman–Crippen LogP) is -1.44. The van der Waals surface area contributed by atoms with Gasteiger partial charge in [-0.15, -0.1) is 0 Å². The van der Waals surface area contributed by atoms with E-state index in [1.807, 2.05) is 0 Å². The van der Waals surface area contributed by atoms with Gasteiger partial charge in [0, 0.05) is 13.7 Å². The first-order valence-electron chi connectivity index (χ1n) is 5.50. The number of aromatic amines is 1. The molecule has 1 aromatic rings. The number of rotatable bonds is 6. The summed E-state index contributed by atoms with van der Waals surface area (Å²) in [7, 11) is 1.50. The Hall–Kier alpha value is -1.80. The first-order valence-corrected chi connectivity index (χ1v) is 5.50. The van der Waals surface area contributed by atoms with Crippen LogP contribution in [0, 0.1) is 0 Å². The van der Waals surface area contributed by atoms with Crippen molar-refractivity contribution < 1.29 is 9.84 Å². The van der Waals surface area contributed by atoms with E-state index in [4.69, 9.17) is 15.6 Å². The molecule has 102 valence electrons. The molecule has 1 unspecified atom stereocenters. The zero-order valence-electron chi connectivity index (χ0n) is 10.4. The highest BCUT2D eigenvalue weighted by Crippen LogP contribution is 2.09. The van der Waals surface area contributed by atoms with E-state index in [9.17, 15) is 9.59 Å². The summed E-state index contributed by atoms with van der Waals surface area (Å²) in [5.74, 6) is 0.0291. The van der Waals surface area contributed by atoms with Crippen LogP contribution >= 0.6 is 0 Å². The van der Waals surface area contributed by atoms with Crippen molar-refractivity contribution in [2.75, 3.05) is 31.3 Å². The normalized spacial score (nSPS) is 12.4. The lowest BCUT2D eigenvalue weighted by Crippen LogP contribution is -2.35. The van der Waals surface area contributed by atoms with Crippen LogP contribution in [-0.2, 0) is 11.3 Å². The second-order valence-corrected chi connectivity index (χ2v) is 3.89. The SMILES string of the molecule is COCCn1c(N)c(NCC(C)O)c(=O)[nH]c1=O. The molecule has 0 bridgehead atoms. The van der Waals surface area contributed by atoms with Gasteiger partial charge in [0.25, 0.3) is 5.56 Å². The number of aliphatic hydroxyl groups excluding tert-OH is 1. The maximum absolute atomic E-state index is 11.6. The van der Waals surface area contributed by atoms with Crippen molar-refractivity contribution in [2.24, 2.45) is 0 Å². The van der Waals surface area contributed by atoms with Crippen molar-refractivity contribution in [1.82, 2.24) is 9.55 Å². The summed E-state index contributed by atoms with van der Waals surface area (Å²) < 4.78 is 6.06. The number of hydrogen-bond acceptors (Lipinski definition) is 6. The van der Waals surface area contributed by atoms with E-state index in [0.29, 0.717) is 6.61 Å². The van der Waals surface area contributed by atoms with E-state index >= 15 is 0 Å². The topological polar surface area (TPSA) is 122 Å². The largest absolute Gasteiger partial charge is 0.392 e. The third-order valence-electron chi connectivity index (χ3n) is 2.33. The molecule has 0 aromatic carbocycles. The van der Waals surface area contributed by atoms with Crippen molar-refractivity contribution in [3.63, 3.8) is 0 Å². The molecular formula is C10H18N4O4. The molecule has 0 amide bonds. The summed E-state index contributed by atoms with van der Waals surface area (Å²) in [6.07, 6.45) is -0.636. The summed E-state index contributed by atoms with van der Waals surface area (Å²) in [4.78, 5) is 25.3. The Morgan fingerprint density at radius 1 is 1.56 bits per heavy atom. The van der Waals surface area contributed by atoms with Crippen LogP contribution in [0.5, 0.6) is 0 Å². The number of nitrogens with zero attached hydrogens (tertiary/aromatic N) is 1.